The third-order valence-electron chi connectivity index (χ3n) is 6.92. The average molecular weight is 546 g/mol. The standard InChI is InChI=1S/C31H33BrN2O2/c1-4-15-36-31-27(32)17-21(18-29(31)35-5-2)19-33-23-12-10-22(11-13-23)30-25-8-6-7-24(25)26-16-20(3)9-14-28(26)34-30/h6-7,9-14,16-19,24-25,30,34H,4-5,8,15H2,1-3H3/t24-,25-,30-/m0/s1. The third kappa shape index (κ3) is 5.08. The van der Waals surface area contributed by atoms with Crippen LogP contribution < -0.4 is 14.8 Å². The molecular weight excluding hydrogens is 512 g/mol. The first-order valence-electron chi connectivity index (χ1n) is 12.8. The van der Waals surface area contributed by atoms with Gasteiger partial charge < -0.3 is 14.8 Å². The highest BCUT2D eigenvalue weighted by Crippen LogP contribution is 2.50. The Morgan fingerprint density at radius 2 is 1.89 bits per heavy atom. The van der Waals surface area contributed by atoms with Crippen molar-refractivity contribution in [2.45, 2.75) is 45.6 Å². The molecule has 36 heavy (non-hydrogen) atoms. The second-order valence-corrected chi connectivity index (χ2v) is 10.4. The number of ether oxygens (including phenoxy) is 2. The number of benzene rings is 3. The second kappa shape index (κ2) is 10.9. The lowest BCUT2D eigenvalue weighted by Crippen LogP contribution is -2.29. The fraction of sp³-hybridized carbons (Fsp3) is 0.323. The Kier molecular flexibility index (Phi) is 7.47. The smallest absolute Gasteiger partial charge is 0.175 e. The van der Waals surface area contributed by atoms with Gasteiger partial charge in [0.15, 0.2) is 11.5 Å². The molecule has 0 bridgehead atoms. The van der Waals surface area contributed by atoms with Crippen molar-refractivity contribution in [1.82, 2.24) is 0 Å². The minimum atomic E-state index is 0.290. The van der Waals surface area contributed by atoms with Crippen molar-refractivity contribution >= 4 is 33.5 Å². The zero-order chi connectivity index (χ0) is 25.1. The Balaban J connectivity index is 1.34. The number of allylic oxidation sites excluding steroid dienone is 2. The quantitative estimate of drug-likeness (QED) is 0.228. The van der Waals surface area contributed by atoms with Gasteiger partial charge in [-0.15, -0.1) is 0 Å². The van der Waals surface area contributed by atoms with Crippen LogP contribution in [0.1, 0.15) is 60.9 Å². The third-order valence-corrected chi connectivity index (χ3v) is 7.50. The summed E-state index contributed by atoms with van der Waals surface area (Å²) in [5.41, 5.74) is 7.18. The van der Waals surface area contributed by atoms with Crippen molar-refractivity contribution < 1.29 is 9.47 Å². The molecule has 1 aliphatic heterocycles. The SMILES string of the molecule is CCCOc1c(Br)cc(C=Nc2ccc([C@@H]3Nc4ccc(C)cc4[C@H]4C=CC[C@@H]43)cc2)cc1OCC. The molecule has 0 amide bonds. The molecule has 0 fully saturated rings. The predicted molar refractivity (Wildman–Crippen MR) is 152 cm³/mol. The van der Waals surface area contributed by atoms with Crippen molar-refractivity contribution in [3.63, 3.8) is 0 Å². The van der Waals surface area contributed by atoms with Crippen molar-refractivity contribution in [3.05, 3.63) is 93.5 Å². The molecule has 0 radical (unpaired) electrons. The summed E-state index contributed by atoms with van der Waals surface area (Å²) in [5, 5.41) is 3.82. The van der Waals surface area contributed by atoms with Gasteiger partial charge in [0.25, 0.3) is 0 Å². The summed E-state index contributed by atoms with van der Waals surface area (Å²) in [4.78, 5) is 4.73. The highest BCUT2D eigenvalue weighted by molar-refractivity contribution is 9.10. The van der Waals surface area contributed by atoms with Crippen LogP contribution in [-0.2, 0) is 0 Å². The van der Waals surface area contributed by atoms with Gasteiger partial charge in [0, 0.05) is 17.8 Å². The zero-order valence-corrected chi connectivity index (χ0v) is 22.7. The lowest BCUT2D eigenvalue weighted by molar-refractivity contribution is 0.275. The van der Waals surface area contributed by atoms with E-state index in [9.17, 15) is 0 Å². The van der Waals surface area contributed by atoms with Crippen molar-refractivity contribution in [2.75, 3.05) is 18.5 Å². The van der Waals surface area contributed by atoms with Crippen LogP contribution in [0, 0.1) is 12.8 Å². The lowest BCUT2D eigenvalue weighted by atomic mass is 9.76. The van der Waals surface area contributed by atoms with Gasteiger partial charge in [-0.2, -0.15) is 0 Å². The van der Waals surface area contributed by atoms with Gasteiger partial charge in [-0.1, -0.05) is 48.9 Å². The fourth-order valence-electron chi connectivity index (χ4n) is 5.23. The molecule has 3 aromatic rings. The highest BCUT2D eigenvalue weighted by Gasteiger charge is 2.37. The summed E-state index contributed by atoms with van der Waals surface area (Å²) < 4.78 is 12.6. The molecule has 0 unspecified atom stereocenters. The van der Waals surface area contributed by atoms with Crippen LogP contribution in [0.2, 0.25) is 0 Å². The average Bonchev–Trinajstić information content (AvgIpc) is 3.38. The number of aryl methyl sites for hydroxylation is 1. The van der Waals surface area contributed by atoms with Crippen LogP contribution in [-0.4, -0.2) is 19.4 Å². The minimum absolute atomic E-state index is 0.290. The van der Waals surface area contributed by atoms with E-state index in [0.29, 0.717) is 31.1 Å². The first-order chi connectivity index (χ1) is 17.6. The number of hydrogen-bond donors (Lipinski definition) is 1. The minimum Gasteiger partial charge on any atom is -0.490 e. The molecular formula is C31H33BrN2O2. The first-order valence-corrected chi connectivity index (χ1v) is 13.6. The van der Waals surface area contributed by atoms with Crippen molar-refractivity contribution in [2.24, 2.45) is 10.9 Å². The Labute approximate surface area is 222 Å². The van der Waals surface area contributed by atoms with E-state index in [0.717, 1.165) is 40.1 Å². The molecule has 5 rings (SSSR count). The van der Waals surface area contributed by atoms with E-state index >= 15 is 0 Å². The molecule has 1 aliphatic carbocycles. The predicted octanol–water partition coefficient (Wildman–Crippen LogP) is 8.52. The Bertz CT molecular complexity index is 1280. The number of rotatable bonds is 8. The van der Waals surface area contributed by atoms with Crippen LogP contribution in [0.3, 0.4) is 0 Å². The number of hydrogen-bond acceptors (Lipinski definition) is 4. The van der Waals surface area contributed by atoms with Crippen molar-refractivity contribution in [3.8, 4) is 11.5 Å². The number of nitrogens with zero attached hydrogens (tertiary/aromatic N) is 1. The summed E-state index contributed by atoms with van der Waals surface area (Å²) in [5.74, 6) is 2.50. The number of anilines is 1. The van der Waals surface area contributed by atoms with E-state index in [-0.39, 0.29) is 0 Å². The van der Waals surface area contributed by atoms with Gasteiger partial charge in [-0.25, -0.2) is 0 Å². The van der Waals surface area contributed by atoms with Crippen LogP contribution >= 0.6 is 15.9 Å². The molecule has 2 aliphatic rings. The Hall–Kier alpha value is -3.05. The molecule has 186 valence electrons. The van der Waals surface area contributed by atoms with Gasteiger partial charge in [0.2, 0.25) is 0 Å². The summed E-state index contributed by atoms with van der Waals surface area (Å²) in [6.07, 6.45) is 8.65. The van der Waals surface area contributed by atoms with E-state index in [1.54, 1.807) is 0 Å². The van der Waals surface area contributed by atoms with E-state index < -0.39 is 0 Å². The summed E-state index contributed by atoms with van der Waals surface area (Å²) in [6, 6.07) is 19.7. The van der Waals surface area contributed by atoms with E-state index in [1.165, 1.54) is 22.4 Å². The molecule has 1 heterocycles. The first kappa shape index (κ1) is 24.6. The number of aliphatic imine (C=N–C) groups is 1. The van der Waals surface area contributed by atoms with Crippen LogP contribution in [0.15, 0.2) is 76.2 Å². The number of nitrogens with one attached hydrogen (secondary N) is 1. The van der Waals surface area contributed by atoms with Gasteiger partial charge in [-0.05, 0) is 95.6 Å². The number of halogens is 1. The molecule has 1 N–H and O–H groups in total. The van der Waals surface area contributed by atoms with Gasteiger partial charge in [0.05, 0.1) is 29.4 Å². The largest absolute Gasteiger partial charge is 0.490 e. The summed E-state index contributed by atoms with van der Waals surface area (Å²) in [7, 11) is 0. The second-order valence-electron chi connectivity index (χ2n) is 9.53. The molecule has 3 aromatic carbocycles. The summed E-state index contributed by atoms with van der Waals surface area (Å²) >= 11 is 3.64. The molecule has 0 spiro atoms. The maximum atomic E-state index is 5.89. The van der Waals surface area contributed by atoms with Crippen LogP contribution in [0.4, 0.5) is 11.4 Å². The Morgan fingerprint density at radius 3 is 2.67 bits per heavy atom. The van der Waals surface area contributed by atoms with Crippen molar-refractivity contribution in [1.29, 1.82) is 0 Å². The molecule has 5 heteroatoms. The van der Waals surface area contributed by atoms with Gasteiger partial charge in [0.1, 0.15) is 0 Å². The topological polar surface area (TPSA) is 42.8 Å². The highest BCUT2D eigenvalue weighted by atomic mass is 79.9. The monoisotopic (exact) mass is 544 g/mol. The van der Waals surface area contributed by atoms with Crippen LogP contribution in [0.5, 0.6) is 11.5 Å². The van der Waals surface area contributed by atoms with E-state index in [2.05, 4.69) is 89.7 Å². The molecule has 0 saturated carbocycles. The molecule has 3 atom stereocenters. The van der Waals surface area contributed by atoms with Gasteiger partial charge in [-0.3, -0.25) is 4.99 Å². The Morgan fingerprint density at radius 1 is 1.06 bits per heavy atom. The molecule has 0 aromatic heterocycles. The molecule has 4 nitrogen and oxygen atoms in total. The van der Waals surface area contributed by atoms with Gasteiger partial charge >= 0.3 is 0 Å². The summed E-state index contributed by atoms with van der Waals surface area (Å²) in [6.45, 7) is 7.47. The maximum absolute atomic E-state index is 5.89. The fourth-order valence-corrected chi connectivity index (χ4v) is 5.80. The van der Waals surface area contributed by atoms with Crippen LogP contribution in [0.25, 0.3) is 0 Å². The van der Waals surface area contributed by atoms with E-state index in [1.807, 2.05) is 25.3 Å². The zero-order valence-electron chi connectivity index (χ0n) is 21.1. The van der Waals surface area contributed by atoms with E-state index in [4.69, 9.17) is 14.5 Å². The lowest BCUT2D eigenvalue weighted by Gasteiger charge is -2.37. The molecule has 0 saturated heterocycles. The number of fused-ring (bicyclic) bond motifs is 3. The normalized spacial score (nSPS) is 20.2. The maximum Gasteiger partial charge on any atom is 0.175 e.